The first kappa shape index (κ1) is 21.4. The first-order chi connectivity index (χ1) is 15.4. The number of furan rings is 1. The first-order valence-electron chi connectivity index (χ1n) is 10.3. The normalized spacial score (nSPS) is 11.6. The van der Waals surface area contributed by atoms with Crippen molar-refractivity contribution in [3.05, 3.63) is 89.4 Å². The lowest BCUT2D eigenvalue weighted by atomic mass is 9.96. The van der Waals surface area contributed by atoms with Gasteiger partial charge in [0.1, 0.15) is 17.1 Å². The van der Waals surface area contributed by atoms with Crippen LogP contribution in [0.25, 0.3) is 27.7 Å². The maximum atomic E-state index is 13.8. The Kier molecular flexibility index (Phi) is 5.82. The molecule has 0 fully saturated rings. The van der Waals surface area contributed by atoms with Crippen LogP contribution in [0, 0.1) is 19.7 Å². The predicted octanol–water partition coefficient (Wildman–Crippen LogP) is 6.91. The van der Waals surface area contributed by atoms with Crippen LogP contribution in [0.3, 0.4) is 0 Å². The minimum atomic E-state index is -0.361. The standard InChI is InChI=1S/C27H24FNO3/c1-16-10-11-20(13-24(16)28)29-25(30)12-17(2)21-14-22-23(19-8-6-5-7-9-19)15-32-27(22)18(3)26(21)31-4/h5-15H,1-4H3,(H,29,30)/b17-12+. The van der Waals surface area contributed by atoms with E-state index in [1.54, 1.807) is 32.4 Å². The number of nitrogens with one attached hydrogen (secondary N) is 1. The van der Waals surface area contributed by atoms with E-state index in [2.05, 4.69) is 5.32 Å². The van der Waals surface area contributed by atoms with E-state index in [4.69, 9.17) is 9.15 Å². The van der Waals surface area contributed by atoms with E-state index in [1.165, 1.54) is 12.1 Å². The number of benzene rings is 3. The Bertz CT molecular complexity index is 1340. The van der Waals surface area contributed by atoms with E-state index in [-0.39, 0.29) is 11.7 Å². The molecule has 0 radical (unpaired) electrons. The predicted molar refractivity (Wildman–Crippen MR) is 126 cm³/mol. The van der Waals surface area contributed by atoms with Crippen LogP contribution < -0.4 is 10.1 Å². The largest absolute Gasteiger partial charge is 0.496 e. The number of anilines is 1. The van der Waals surface area contributed by atoms with Gasteiger partial charge in [-0.15, -0.1) is 0 Å². The van der Waals surface area contributed by atoms with Crippen LogP contribution in [-0.4, -0.2) is 13.0 Å². The molecule has 162 valence electrons. The van der Waals surface area contributed by atoms with Gasteiger partial charge in [0.05, 0.1) is 13.4 Å². The number of allylic oxidation sites excluding steroid dienone is 1. The number of carbonyl (C=O) groups is 1. The van der Waals surface area contributed by atoms with E-state index in [0.717, 1.165) is 38.8 Å². The first-order valence-corrected chi connectivity index (χ1v) is 10.3. The maximum absolute atomic E-state index is 13.8. The van der Waals surface area contributed by atoms with Crippen molar-refractivity contribution in [2.75, 3.05) is 12.4 Å². The van der Waals surface area contributed by atoms with Gasteiger partial charge < -0.3 is 14.5 Å². The Labute approximate surface area is 186 Å². The van der Waals surface area contributed by atoms with Gasteiger partial charge in [0, 0.05) is 33.8 Å². The summed E-state index contributed by atoms with van der Waals surface area (Å²) in [5, 5.41) is 3.66. The summed E-state index contributed by atoms with van der Waals surface area (Å²) in [6.07, 6.45) is 3.23. The molecule has 0 saturated heterocycles. The summed E-state index contributed by atoms with van der Waals surface area (Å²) in [5.41, 5.74) is 6.06. The highest BCUT2D eigenvalue weighted by Gasteiger charge is 2.18. The van der Waals surface area contributed by atoms with Gasteiger partial charge in [-0.05, 0) is 55.7 Å². The van der Waals surface area contributed by atoms with Gasteiger partial charge in [0.2, 0.25) is 5.91 Å². The van der Waals surface area contributed by atoms with Crippen molar-refractivity contribution in [1.82, 2.24) is 0 Å². The summed E-state index contributed by atoms with van der Waals surface area (Å²) < 4.78 is 25.3. The quantitative estimate of drug-likeness (QED) is 0.351. The number of hydrogen-bond donors (Lipinski definition) is 1. The topological polar surface area (TPSA) is 51.5 Å². The van der Waals surface area contributed by atoms with Crippen molar-refractivity contribution in [2.45, 2.75) is 20.8 Å². The van der Waals surface area contributed by atoms with Crippen molar-refractivity contribution in [3.8, 4) is 16.9 Å². The second kappa shape index (κ2) is 8.71. The summed E-state index contributed by atoms with van der Waals surface area (Å²) in [6, 6.07) is 16.6. The minimum absolute atomic E-state index is 0.346. The van der Waals surface area contributed by atoms with Crippen LogP contribution in [0.1, 0.15) is 23.6 Å². The van der Waals surface area contributed by atoms with Crippen molar-refractivity contribution < 1.29 is 18.3 Å². The molecule has 5 heteroatoms. The maximum Gasteiger partial charge on any atom is 0.248 e. The van der Waals surface area contributed by atoms with Crippen LogP contribution in [0.15, 0.2) is 71.4 Å². The molecule has 1 amide bonds. The third-order valence-electron chi connectivity index (χ3n) is 5.54. The van der Waals surface area contributed by atoms with Crippen LogP contribution in [-0.2, 0) is 4.79 Å². The van der Waals surface area contributed by atoms with Crippen LogP contribution in [0.2, 0.25) is 0 Å². The van der Waals surface area contributed by atoms with Gasteiger partial charge in [-0.1, -0.05) is 36.4 Å². The molecule has 4 nitrogen and oxygen atoms in total. The molecule has 1 aromatic heterocycles. The smallest absolute Gasteiger partial charge is 0.248 e. The number of fused-ring (bicyclic) bond motifs is 1. The molecule has 0 saturated carbocycles. The van der Waals surface area contributed by atoms with Gasteiger partial charge in [-0.3, -0.25) is 4.79 Å². The lowest BCUT2D eigenvalue weighted by Crippen LogP contribution is -2.09. The molecule has 3 aromatic carbocycles. The fourth-order valence-corrected chi connectivity index (χ4v) is 3.84. The highest BCUT2D eigenvalue weighted by molar-refractivity contribution is 6.06. The Hall–Kier alpha value is -3.86. The number of rotatable bonds is 5. The Morgan fingerprint density at radius 1 is 1.09 bits per heavy atom. The highest BCUT2D eigenvalue weighted by atomic mass is 19.1. The van der Waals surface area contributed by atoms with Gasteiger partial charge in [-0.2, -0.15) is 0 Å². The molecule has 1 heterocycles. The van der Waals surface area contributed by atoms with Crippen LogP contribution >= 0.6 is 0 Å². The number of aryl methyl sites for hydroxylation is 2. The highest BCUT2D eigenvalue weighted by Crippen LogP contribution is 2.40. The monoisotopic (exact) mass is 429 g/mol. The third-order valence-corrected chi connectivity index (χ3v) is 5.54. The Morgan fingerprint density at radius 3 is 2.53 bits per heavy atom. The number of methoxy groups -OCH3 is 1. The minimum Gasteiger partial charge on any atom is -0.496 e. The van der Waals surface area contributed by atoms with Crippen molar-refractivity contribution >= 4 is 28.1 Å². The van der Waals surface area contributed by atoms with E-state index in [0.29, 0.717) is 17.0 Å². The van der Waals surface area contributed by atoms with Gasteiger partial charge in [-0.25, -0.2) is 4.39 Å². The molecule has 0 spiro atoms. The van der Waals surface area contributed by atoms with Crippen LogP contribution in [0.5, 0.6) is 5.75 Å². The number of hydrogen-bond acceptors (Lipinski definition) is 3. The van der Waals surface area contributed by atoms with Gasteiger partial charge in [0.15, 0.2) is 0 Å². The molecule has 32 heavy (non-hydrogen) atoms. The average molecular weight is 429 g/mol. The molecular weight excluding hydrogens is 405 g/mol. The average Bonchev–Trinajstić information content (AvgIpc) is 3.21. The van der Waals surface area contributed by atoms with E-state index in [9.17, 15) is 9.18 Å². The van der Waals surface area contributed by atoms with Crippen molar-refractivity contribution in [1.29, 1.82) is 0 Å². The number of halogens is 1. The lowest BCUT2D eigenvalue weighted by molar-refractivity contribution is -0.111. The SMILES string of the molecule is COc1c(/C(C)=C/C(=O)Nc2ccc(C)c(F)c2)cc2c(-c3ccccc3)coc2c1C. The third kappa shape index (κ3) is 4.02. The zero-order valence-electron chi connectivity index (χ0n) is 18.5. The van der Waals surface area contributed by atoms with E-state index >= 15 is 0 Å². The van der Waals surface area contributed by atoms with Gasteiger partial charge in [0.25, 0.3) is 0 Å². The van der Waals surface area contributed by atoms with Crippen LogP contribution in [0.4, 0.5) is 10.1 Å². The summed E-state index contributed by atoms with van der Waals surface area (Å²) >= 11 is 0. The van der Waals surface area contributed by atoms with Crippen molar-refractivity contribution in [3.63, 3.8) is 0 Å². The molecule has 0 aliphatic rings. The molecule has 0 unspecified atom stereocenters. The molecule has 0 bridgehead atoms. The van der Waals surface area contributed by atoms with E-state index in [1.807, 2.05) is 50.2 Å². The number of ether oxygens (including phenoxy) is 1. The zero-order chi connectivity index (χ0) is 22.8. The van der Waals surface area contributed by atoms with Gasteiger partial charge >= 0.3 is 0 Å². The lowest BCUT2D eigenvalue weighted by Gasteiger charge is -2.13. The Morgan fingerprint density at radius 2 is 1.84 bits per heavy atom. The molecule has 0 atom stereocenters. The van der Waals surface area contributed by atoms with E-state index < -0.39 is 0 Å². The molecule has 1 N–H and O–H groups in total. The summed E-state index contributed by atoms with van der Waals surface area (Å²) in [7, 11) is 1.60. The summed E-state index contributed by atoms with van der Waals surface area (Å²) in [5.74, 6) is -0.0601. The second-order valence-corrected chi connectivity index (χ2v) is 7.76. The number of carbonyl (C=O) groups excluding carboxylic acids is 1. The van der Waals surface area contributed by atoms with Crippen molar-refractivity contribution in [2.24, 2.45) is 0 Å². The Balaban J connectivity index is 1.74. The number of amides is 1. The molecule has 0 aliphatic heterocycles. The molecule has 4 rings (SSSR count). The fraction of sp³-hybridized carbons (Fsp3) is 0.148. The second-order valence-electron chi connectivity index (χ2n) is 7.76. The summed E-state index contributed by atoms with van der Waals surface area (Å²) in [4.78, 5) is 12.6. The molecular formula is C27H24FNO3. The molecule has 4 aromatic rings. The zero-order valence-corrected chi connectivity index (χ0v) is 18.5. The molecule has 0 aliphatic carbocycles. The summed E-state index contributed by atoms with van der Waals surface area (Å²) in [6.45, 7) is 5.46. The fourth-order valence-electron chi connectivity index (χ4n) is 3.84.